The van der Waals surface area contributed by atoms with E-state index in [4.69, 9.17) is 10.5 Å². The minimum Gasteiger partial charge on any atom is -0.477 e. The summed E-state index contributed by atoms with van der Waals surface area (Å²) in [4.78, 5) is 41.3. The van der Waals surface area contributed by atoms with Crippen molar-refractivity contribution in [3.8, 4) is 0 Å². The highest BCUT2D eigenvalue weighted by Crippen LogP contribution is 2.57. The number of ether oxygens (including phenoxy) is 1. The second-order valence-electron chi connectivity index (χ2n) is 10.3. The van der Waals surface area contributed by atoms with E-state index in [1.807, 2.05) is 0 Å². The number of nitrogens with two attached hydrogens (primary N) is 1. The first kappa shape index (κ1) is 25.7. The lowest BCUT2D eigenvalue weighted by atomic mass is 9.53. The van der Waals surface area contributed by atoms with Crippen molar-refractivity contribution in [3.63, 3.8) is 0 Å². The number of carboxylic acid groups (broad SMARTS) is 1. The fourth-order valence-corrected chi connectivity index (χ4v) is 5.70. The molecule has 38 heavy (non-hydrogen) atoms. The Hall–Kier alpha value is -3.93. The van der Waals surface area contributed by atoms with E-state index < -0.39 is 35.0 Å². The molecule has 1 aromatic carbocycles. The Morgan fingerprint density at radius 2 is 1.79 bits per heavy atom. The topological polar surface area (TPSA) is 149 Å². The zero-order chi connectivity index (χ0) is 27.2. The molecule has 0 spiro atoms. The van der Waals surface area contributed by atoms with E-state index >= 15 is 0 Å². The first-order valence-corrected chi connectivity index (χ1v) is 12.3. The van der Waals surface area contributed by atoms with Gasteiger partial charge in [0.05, 0.1) is 24.3 Å². The number of carbonyl (C=O) groups excluding carboxylic acids is 2. The molecule has 1 atom stereocenters. The normalized spacial score (nSPS) is 23.3. The molecule has 3 aliphatic carbocycles. The van der Waals surface area contributed by atoms with Crippen molar-refractivity contribution in [3.05, 3.63) is 64.6 Å². The lowest BCUT2D eigenvalue weighted by Crippen LogP contribution is -2.50. The standard InChI is InChI=1S/C26H27F2N5O5/c1-38-24(37)26-7-4-25(5-8-26,6-9-26)13-30-22(34)19-11-18(23(35)36)31-20-12-17(32-33(19)20)21(29)14-2-3-15(27)16(28)10-14/h2-3,10-12,21H,4-9,13,29H2,1H3,(H,30,34)(H,35,36). The first-order valence-electron chi connectivity index (χ1n) is 12.3. The summed E-state index contributed by atoms with van der Waals surface area (Å²) in [6, 6.07) is 4.78. The minimum atomic E-state index is -1.33. The van der Waals surface area contributed by atoms with Crippen molar-refractivity contribution in [1.82, 2.24) is 19.9 Å². The molecule has 2 aromatic heterocycles. The summed E-state index contributed by atoms with van der Waals surface area (Å²) in [5.74, 6) is -4.13. The highest BCUT2D eigenvalue weighted by atomic mass is 19.2. The number of carboxylic acids is 1. The van der Waals surface area contributed by atoms with Crippen molar-refractivity contribution >= 4 is 23.5 Å². The molecule has 3 fully saturated rings. The monoisotopic (exact) mass is 527 g/mol. The zero-order valence-corrected chi connectivity index (χ0v) is 20.7. The minimum absolute atomic E-state index is 0.0527. The molecular weight excluding hydrogens is 500 g/mol. The number of aromatic carboxylic acids is 1. The molecule has 3 aliphatic rings. The van der Waals surface area contributed by atoms with E-state index in [1.54, 1.807) is 0 Å². The maximum atomic E-state index is 13.7. The molecule has 2 heterocycles. The van der Waals surface area contributed by atoms with Crippen molar-refractivity contribution in [2.24, 2.45) is 16.6 Å². The van der Waals surface area contributed by atoms with Crippen LogP contribution in [-0.2, 0) is 9.53 Å². The number of carbonyl (C=O) groups is 3. The van der Waals surface area contributed by atoms with E-state index in [-0.39, 0.29) is 39.7 Å². The number of esters is 1. The molecule has 12 heteroatoms. The van der Waals surface area contributed by atoms with Gasteiger partial charge in [-0.2, -0.15) is 5.10 Å². The van der Waals surface area contributed by atoms with Crippen LogP contribution in [0, 0.1) is 22.5 Å². The SMILES string of the molecule is COC(=O)C12CCC(CNC(=O)c3cc(C(=O)O)nc4cc(C(N)c5ccc(F)c(F)c5)nn34)(CC1)CC2. The van der Waals surface area contributed by atoms with Crippen molar-refractivity contribution in [1.29, 1.82) is 0 Å². The van der Waals surface area contributed by atoms with Crippen LogP contribution in [0.5, 0.6) is 0 Å². The summed E-state index contributed by atoms with van der Waals surface area (Å²) in [6.07, 6.45) is 4.39. The Morgan fingerprint density at radius 1 is 1.11 bits per heavy atom. The van der Waals surface area contributed by atoms with Crippen LogP contribution < -0.4 is 11.1 Å². The lowest BCUT2D eigenvalue weighted by Gasteiger charge is -2.51. The molecule has 3 saturated carbocycles. The van der Waals surface area contributed by atoms with Crippen LogP contribution in [0.25, 0.3) is 5.65 Å². The number of fused-ring (bicyclic) bond motifs is 4. The third kappa shape index (κ3) is 4.38. The van der Waals surface area contributed by atoms with E-state index in [0.29, 0.717) is 25.8 Å². The largest absolute Gasteiger partial charge is 0.477 e. The second kappa shape index (κ2) is 9.43. The number of nitrogens with zero attached hydrogens (tertiary/aromatic N) is 3. The van der Waals surface area contributed by atoms with Gasteiger partial charge in [0.25, 0.3) is 5.91 Å². The highest BCUT2D eigenvalue weighted by molar-refractivity contribution is 5.96. The lowest BCUT2D eigenvalue weighted by molar-refractivity contribution is -0.162. The van der Waals surface area contributed by atoms with E-state index in [2.05, 4.69) is 15.4 Å². The van der Waals surface area contributed by atoms with Crippen LogP contribution in [0.4, 0.5) is 8.78 Å². The van der Waals surface area contributed by atoms with Gasteiger partial charge in [-0.3, -0.25) is 9.59 Å². The van der Waals surface area contributed by atoms with Gasteiger partial charge in [-0.1, -0.05) is 6.07 Å². The van der Waals surface area contributed by atoms with Gasteiger partial charge in [-0.05, 0) is 61.6 Å². The third-order valence-electron chi connectivity index (χ3n) is 8.16. The summed E-state index contributed by atoms with van der Waals surface area (Å²) in [5.41, 5.74) is 5.72. The number of rotatable bonds is 7. The molecule has 0 radical (unpaired) electrons. The molecule has 200 valence electrons. The predicted octanol–water partition coefficient (Wildman–Crippen LogP) is 3.00. The van der Waals surface area contributed by atoms with Gasteiger partial charge in [-0.15, -0.1) is 0 Å². The fraction of sp³-hybridized carbons (Fsp3) is 0.423. The van der Waals surface area contributed by atoms with Crippen LogP contribution >= 0.6 is 0 Å². The van der Waals surface area contributed by atoms with Crippen molar-refractivity contribution < 1.29 is 33.0 Å². The van der Waals surface area contributed by atoms with Gasteiger partial charge in [0.15, 0.2) is 23.0 Å². The maximum absolute atomic E-state index is 13.7. The van der Waals surface area contributed by atoms with Crippen LogP contribution in [0.1, 0.15) is 76.8 Å². The van der Waals surface area contributed by atoms with Crippen molar-refractivity contribution in [2.75, 3.05) is 13.7 Å². The van der Waals surface area contributed by atoms with Crippen LogP contribution in [0.3, 0.4) is 0 Å². The molecule has 0 aliphatic heterocycles. The predicted molar refractivity (Wildman–Crippen MR) is 129 cm³/mol. The number of methoxy groups -OCH3 is 1. The Labute approximate surface area is 216 Å². The second-order valence-corrected chi connectivity index (χ2v) is 10.3. The average Bonchev–Trinajstić information content (AvgIpc) is 3.37. The van der Waals surface area contributed by atoms with Gasteiger partial charge < -0.3 is 20.9 Å². The molecule has 2 bridgehead atoms. The van der Waals surface area contributed by atoms with E-state index in [1.165, 1.54) is 23.8 Å². The summed E-state index contributed by atoms with van der Waals surface area (Å²) < 4.78 is 33.3. The summed E-state index contributed by atoms with van der Waals surface area (Å²) in [6.45, 7) is 0.359. The summed E-state index contributed by atoms with van der Waals surface area (Å²) in [7, 11) is 1.40. The number of halogens is 2. The van der Waals surface area contributed by atoms with Gasteiger partial charge in [0.2, 0.25) is 0 Å². The first-order chi connectivity index (χ1) is 18.1. The Kier molecular flexibility index (Phi) is 6.38. The molecule has 1 unspecified atom stereocenters. The average molecular weight is 528 g/mol. The molecule has 1 amide bonds. The molecule has 3 aromatic rings. The quantitative estimate of drug-likeness (QED) is 0.397. The Morgan fingerprint density at radius 3 is 2.39 bits per heavy atom. The molecule has 0 saturated heterocycles. The van der Waals surface area contributed by atoms with Crippen LogP contribution in [0.2, 0.25) is 0 Å². The molecule has 10 nitrogen and oxygen atoms in total. The van der Waals surface area contributed by atoms with Crippen LogP contribution in [-0.4, -0.2) is 51.2 Å². The summed E-state index contributed by atoms with van der Waals surface area (Å²) in [5, 5.41) is 16.8. The molecule has 4 N–H and O–H groups in total. The zero-order valence-electron chi connectivity index (χ0n) is 20.7. The van der Waals surface area contributed by atoms with E-state index in [0.717, 1.165) is 37.5 Å². The van der Waals surface area contributed by atoms with Gasteiger partial charge in [0.1, 0.15) is 5.69 Å². The number of aromatic nitrogens is 3. The molecule has 6 rings (SSSR count). The highest BCUT2D eigenvalue weighted by Gasteiger charge is 2.53. The number of amides is 1. The van der Waals surface area contributed by atoms with Gasteiger partial charge in [-0.25, -0.2) is 23.1 Å². The number of nitrogens with one attached hydrogen (secondary N) is 1. The number of benzene rings is 1. The number of hydrogen-bond donors (Lipinski definition) is 3. The maximum Gasteiger partial charge on any atom is 0.354 e. The Bertz CT molecular complexity index is 1430. The third-order valence-corrected chi connectivity index (χ3v) is 8.16. The molecular formula is C26H27F2N5O5. The Balaban J connectivity index is 1.40. The van der Waals surface area contributed by atoms with E-state index in [9.17, 15) is 28.3 Å². The van der Waals surface area contributed by atoms with Gasteiger partial charge in [0, 0.05) is 18.7 Å². The smallest absolute Gasteiger partial charge is 0.354 e. The summed E-state index contributed by atoms with van der Waals surface area (Å²) >= 11 is 0. The number of hydrogen-bond acceptors (Lipinski definition) is 7. The van der Waals surface area contributed by atoms with Crippen molar-refractivity contribution in [2.45, 2.75) is 44.6 Å². The fourth-order valence-electron chi connectivity index (χ4n) is 5.70. The van der Waals surface area contributed by atoms with Crippen LogP contribution in [0.15, 0.2) is 30.3 Å². The van der Waals surface area contributed by atoms with Gasteiger partial charge >= 0.3 is 11.9 Å².